The molecule has 5 heterocycles. The van der Waals surface area contributed by atoms with Gasteiger partial charge in [0, 0.05) is 30.1 Å². The minimum atomic E-state index is -0.264. The van der Waals surface area contributed by atoms with Crippen LogP contribution in [0.5, 0.6) is 0 Å². The van der Waals surface area contributed by atoms with E-state index in [2.05, 4.69) is 31.1 Å². The van der Waals surface area contributed by atoms with Gasteiger partial charge < -0.3 is 4.98 Å². The van der Waals surface area contributed by atoms with Gasteiger partial charge in [0.05, 0.1) is 22.2 Å². The van der Waals surface area contributed by atoms with Crippen LogP contribution in [0.2, 0.25) is 0 Å². The smallest absolute Gasteiger partial charge is 0.161 e. The molecule has 1 fully saturated rings. The number of aromatic nitrogens is 6. The normalized spacial score (nSPS) is 14.2. The van der Waals surface area contributed by atoms with E-state index in [1.807, 2.05) is 42.7 Å². The van der Waals surface area contributed by atoms with Crippen molar-refractivity contribution in [2.75, 3.05) is 13.1 Å². The van der Waals surface area contributed by atoms with Gasteiger partial charge in [-0.05, 0) is 73.5 Å². The second kappa shape index (κ2) is 8.90. The summed E-state index contributed by atoms with van der Waals surface area (Å²) in [6.45, 7) is 3.20. The summed E-state index contributed by atoms with van der Waals surface area (Å²) in [6.07, 6.45) is 6.33. The van der Waals surface area contributed by atoms with Crippen molar-refractivity contribution in [1.29, 1.82) is 0 Å². The molecule has 7 rings (SSSR count). The van der Waals surface area contributed by atoms with Crippen LogP contribution in [0.3, 0.4) is 0 Å². The van der Waals surface area contributed by atoms with Crippen LogP contribution >= 0.6 is 0 Å². The summed E-state index contributed by atoms with van der Waals surface area (Å²) >= 11 is 0. The lowest BCUT2D eigenvalue weighted by atomic mass is 10.0. The van der Waals surface area contributed by atoms with Crippen molar-refractivity contribution >= 4 is 22.1 Å². The molecule has 0 spiro atoms. The molecule has 6 aromatic rings. The summed E-state index contributed by atoms with van der Waals surface area (Å²) in [6, 6.07) is 18.5. The van der Waals surface area contributed by atoms with Gasteiger partial charge in [-0.25, -0.2) is 14.4 Å². The van der Waals surface area contributed by atoms with Crippen molar-refractivity contribution in [3.05, 3.63) is 84.4 Å². The molecule has 1 aliphatic heterocycles. The highest BCUT2D eigenvalue weighted by Crippen LogP contribution is 2.32. The van der Waals surface area contributed by atoms with Gasteiger partial charge in [-0.3, -0.25) is 15.0 Å². The van der Waals surface area contributed by atoms with Gasteiger partial charge in [-0.2, -0.15) is 5.10 Å². The number of aromatic amines is 2. The van der Waals surface area contributed by atoms with E-state index in [9.17, 15) is 4.39 Å². The molecule has 0 unspecified atom stereocenters. The standard InChI is InChI=1S/C29H24FN7/c30-21-8-6-19(7-9-21)22-4-3-5-24-26(22)34-29(33-24)28-27-25(35-36-28)11-10-23(32-27)20-14-18(15-31-16-20)17-37-12-1-2-13-37/h3-11,14-16H,1-2,12-13,17H2,(H,33,34)(H,35,36). The minimum absolute atomic E-state index is 0.264. The first-order valence-electron chi connectivity index (χ1n) is 12.5. The maximum absolute atomic E-state index is 13.5. The fourth-order valence-corrected chi connectivity index (χ4v) is 5.14. The molecule has 1 aliphatic rings. The zero-order chi connectivity index (χ0) is 24.8. The molecule has 8 heteroatoms. The van der Waals surface area contributed by atoms with Crippen molar-refractivity contribution < 1.29 is 4.39 Å². The second-order valence-corrected chi connectivity index (χ2v) is 9.52. The van der Waals surface area contributed by atoms with E-state index in [4.69, 9.17) is 9.97 Å². The molecule has 0 saturated carbocycles. The fourth-order valence-electron chi connectivity index (χ4n) is 5.14. The van der Waals surface area contributed by atoms with Crippen molar-refractivity contribution in [2.45, 2.75) is 19.4 Å². The Morgan fingerprint density at radius 1 is 0.838 bits per heavy atom. The lowest BCUT2D eigenvalue weighted by Crippen LogP contribution is -2.18. The largest absolute Gasteiger partial charge is 0.336 e. The van der Waals surface area contributed by atoms with Gasteiger partial charge in [-0.1, -0.05) is 24.3 Å². The number of imidazole rings is 1. The highest BCUT2D eigenvalue weighted by atomic mass is 19.1. The van der Waals surface area contributed by atoms with Crippen LogP contribution in [-0.2, 0) is 6.54 Å². The first-order chi connectivity index (χ1) is 18.2. The van der Waals surface area contributed by atoms with E-state index in [0.29, 0.717) is 11.5 Å². The lowest BCUT2D eigenvalue weighted by Gasteiger charge is -2.14. The SMILES string of the molecule is Fc1ccc(-c2cccc3[nH]c(-c4n[nH]c5ccc(-c6cncc(CN7CCCC7)c6)nc45)nc23)cc1. The quantitative estimate of drug-likeness (QED) is 0.312. The number of nitrogens with zero attached hydrogens (tertiary/aromatic N) is 5. The predicted octanol–water partition coefficient (Wildman–Crippen LogP) is 5.97. The number of likely N-dealkylation sites (tertiary alicyclic amines) is 1. The Labute approximate surface area is 212 Å². The summed E-state index contributed by atoms with van der Waals surface area (Å²) in [5.41, 5.74) is 8.75. The maximum atomic E-state index is 13.5. The lowest BCUT2D eigenvalue weighted by molar-refractivity contribution is 0.331. The number of fused-ring (bicyclic) bond motifs is 2. The van der Waals surface area contributed by atoms with Crippen LogP contribution in [0, 0.1) is 5.82 Å². The monoisotopic (exact) mass is 489 g/mol. The summed E-state index contributed by atoms with van der Waals surface area (Å²) in [4.78, 5) is 20.2. The molecule has 4 aromatic heterocycles. The number of nitrogens with one attached hydrogen (secondary N) is 2. The Bertz CT molecular complexity index is 1730. The molecule has 0 aliphatic carbocycles. The highest BCUT2D eigenvalue weighted by molar-refractivity contribution is 5.96. The summed E-state index contributed by atoms with van der Waals surface area (Å²) in [5, 5.41) is 7.63. The third-order valence-corrected chi connectivity index (χ3v) is 7.00. The Morgan fingerprint density at radius 3 is 2.57 bits per heavy atom. The van der Waals surface area contributed by atoms with Crippen molar-refractivity contribution in [3.63, 3.8) is 0 Å². The highest BCUT2D eigenvalue weighted by Gasteiger charge is 2.17. The van der Waals surface area contributed by atoms with Crippen LogP contribution < -0.4 is 0 Å². The van der Waals surface area contributed by atoms with E-state index in [1.54, 1.807) is 12.1 Å². The van der Waals surface area contributed by atoms with Gasteiger partial charge >= 0.3 is 0 Å². The zero-order valence-electron chi connectivity index (χ0n) is 20.1. The molecule has 2 aromatic carbocycles. The van der Waals surface area contributed by atoms with Crippen molar-refractivity contribution in [1.82, 2.24) is 35.0 Å². The molecular formula is C29H24FN7. The average Bonchev–Trinajstić information content (AvgIpc) is 3.68. The molecule has 2 N–H and O–H groups in total. The number of hydrogen-bond donors (Lipinski definition) is 2. The Balaban J connectivity index is 1.27. The average molecular weight is 490 g/mol. The minimum Gasteiger partial charge on any atom is -0.336 e. The number of H-pyrrole nitrogens is 2. The molecule has 182 valence electrons. The summed E-state index contributed by atoms with van der Waals surface area (Å²) < 4.78 is 13.5. The molecule has 37 heavy (non-hydrogen) atoms. The molecule has 0 radical (unpaired) electrons. The topological polar surface area (TPSA) is 86.4 Å². The molecule has 0 atom stereocenters. The predicted molar refractivity (Wildman–Crippen MR) is 142 cm³/mol. The number of halogens is 1. The van der Waals surface area contributed by atoms with Crippen molar-refractivity contribution in [2.24, 2.45) is 0 Å². The third kappa shape index (κ3) is 4.05. The van der Waals surface area contributed by atoms with Crippen molar-refractivity contribution in [3.8, 4) is 33.9 Å². The summed E-state index contributed by atoms with van der Waals surface area (Å²) in [5.74, 6) is 0.363. The van der Waals surface area contributed by atoms with Gasteiger partial charge in [0.2, 0.25) is 0 Å². The van der Waals surface area contributed by atoms with E-state index in [-0.39, 0.29) is 5.82 Å². The Kier molecular flexibility index (Phi) is 5.25. The Hall–Kier alpha value is -4.43. The molecule has 7 nitrogen and oxygen atoms in total. The molecule has 0 amide bonds. The third-order valence-electron chi connectivity index (χ3n) is 7.00. The van der Waals surface area contributed by atoms with E-state index >= 15 is 0 Å². The molecule has 0 bridgehead atoms. The fraction of sp³-hybridized carbons (Fsp3) is 0.172. The molecular weight excluding hydrogens is 465 g/mol. The Morgan fingerprint density at radius 2 is 1.70 bits per heavy atom. The second-order valence-electron chi connectivity index (χ2n) is 9.52. The first kappa shape index (κ1) is 21.8. The van der Waals surface area contributed by atoms with Crippen LogP contribution in [-0.4, -0.2) is 48.1 Å². The number of rotatable bonds is 5. The van der Waals surface area contributed by atoms with Crippen LogP contribution in [0.25, 0.3) is 56.0 Å². The van der Waals surface area contributed by atoms with Gasteiger partial charge in [-0.15, -0.1) is 0 Å². The van der Waals surface area contributed by atoms with Crippen LogP contribution in [0.4, 0.5) is 4.39 Å². The number of para-hydroxylation sites is 1. The maximum Gasteiger partial charge on any atom is 0.161 e. The van der Waals surface area contributed by atoms with Gasteiger partial charge in [0.1, 0.15) is 11.3 Å². The summed E-state index contributed by atoms with van der Waals surface area (Å²) in [7, 11) is 0. The number of pyridine rings is 2. The van der Waals surface area contributed by atoms with Crippen LogP contribution in [0.1, 0.15) is 18.4 Å². The van der Waals surface area contributed by atoms with Crippen LogP contribution in [0.15, 0.2) is 73.1 Å². The number of hydrogen-bond acceptors (Lipinski definition) is 5. The number of benzene rings is 2. The van der Waals surface area contributed by atoms with Gasteiger partial charge in [0.25, 0.3) is 0 Å². The van der Waals surface area contributed by atoms with E-state index in [1.165, 1.54) is 30.5 Å². The first-order valence-corrected chi connectivity index (χ1v) is 12.5. The van der Waals surface area contributed by atoms with E-state index < -0.39 is 0 Å². The zero-order valence-corrected chi connectivity index (χ0v) is 20.1. The van der Waals surface area contributed by atoms with Gasteiger partial charge in [0.15, 0.2) is 11.5 Å². The van der Waals surface area contributed by atoms with E-state index in [0.717, 1.165) is 64.1 Å². The molecule has 1 saturated heterocycles.